The van der Waals surface area contributed by atoms with Crippen molar-refractivity contribution >= 4 is 5.91 Å². The monoisotopic (exact) mass is 331 g/mol. The minimum absolute atomic E-state index is 0.0144. The summed E-state index contributed by atoms with van der Waals surface area (Å²) in [6.07, 6.45) is 1.42. The van der Waals surface area contributed by atoms with Crippen molar-refractivity contribution in [2.24, 2.45) is 0 Å². The van der Waals surface area contributed by atoms with Crippen LogP contribution in [0.3, 0.4) is 0 Å². The topological polar surface area (TPSA) is 88.0 Å². The van der Waals surface area contributed by atoms with Crippen LogP contribution < -0.4 is 10.9 Å². The fourth-order valence-corrected chi connectivity index (χ4v) is 2.08. The lowest BCUT2D eigenvalue weighted by Gasteiger charge is -2.01. The first-order chi connectivity index (χ1) is 11.5. The van der Waals surface area contributed by atoms with Crippen molar-refractivity contribution in [3.63, 3.8) is 0 Å². The zero-order chi connectivity index (χ0) is 17.1. The molecule has 0 aliphatic heterocycles. The molecule has 0 saturated carbocycles. The molecule has 0 fully saturated rings. The van der Waals surface area contributed by atoms with Gasteiger partial charge in [-0.05, 0) is 24.3 Å². The van der Waals surface area contributed by atoms with E-state index in [-0.39, 0.29) is 23.4 Å². The molecule has 2 aromatic heterocycles. The zero-order valence-corrected chi connectivity index (χ0v) is 12.2. The van der Waals surface area contributed by atoms with Crippen molar-refractivity contribution in [2.45, 2.75) is 6.54 Å². The van der Waals surface area contributed by atoms with Gasteiger partial charge in [-0.25, -0.2) is 8.78 Å². The molecule has 1 amide bonds. The molecule has 0 unspecified atom stereocenters. The van der Waals surface area contributed by atoms with Crippen LogP contribution >= 0.6 is 0 Å². The molecule has 0 aliphatic rings. The Morgan fingerprint density at radius 3 is 2.83 bits per heavy atom. The molecule has 122 valence electrons. The number of carbonyl (C=O) groups excluding carboxylic acids is 1. The summed E-state index contributed by atoms with van der Waals surface area (Å²) >= 11 is 0. The van der Waals surface area contributed by atoms with Crippen molar-refractivity contribution < 1.29 is 18.1 Å². The SMILES string of the molecule is O=C(NCc1cc(-c2ccc(F)cc2F)on1)c1ccc[nH]c1=O. The zero-order valence-electron chi connectivity index (χ0n) is 12.2. The lowest BCUT2D eigenvalue weighted by atomic mass is 10.1. The average molecular weight is 331 g/mol. The van der Waals surface area contributed by atoms with Gasteiger partial charge in [-0.15, -0.1) is 0 Å². The van der Waals surface area contributed by atoms with Gasteiger partial charge in [-0.1, -0.05) is 5.16 Å². The van der Waals surface area contributed by atoms with Gasteiger partial charge < -0.3 is 14.8 Å². The van der Waals surface area contributed by atoms with E-state index in [1.165, 1.54) is 30.5 Å². The summed E-state index contributed by atoms with van der Waals surface area (Å²) in [6.45, 7) is -0.0144. The maximum absolute atomic E-state index is 13.7. The number of aromatic amines is 1. The number of H-pyrrole nitrogens is 1. The summed E-state index contributed by atoms with van der Waals surface area (Å²) in [7, 11) is 0. The second kappa shape index (κ2) is 6.45. The second-order valence-electron chi connectivity index (χ2n) is 4.90. The van der Waals surface area contributed by atoms with Gasteiger partial charge in [0.2, 0.25) is 0 Å². The van der Waals surface area contributed by atoms with Crippen LogP contribution in [-0.4, -0.2) is 16.0 Å². The molecule has 2 heterocycles. The highest BCUT2D eigenvalue weighted by Gasteiger charge is 2.14. The molecule has 2 N–H and O–H groups in total. The van der Waals surface area contributed by atoms with Gasteiger partial charge in [0, 0.05) is 18.3 Å². The van der Waals surface area contributed by atoms with Crippen molar-refractivity contribution in [2.75, 3.05) is 0 Å². The molecule has 3 aromatic rings. The third-order valence-corrected chi connectivity index (χ3v) is 3.25. The first-order valence-electron chi connectivity index (χ1n) is 6.91. The number of pyridine rings is 1. The lowest BCUT2D eigenvalue weighted by Crippen LogP contribution is -2.28. The molecule has 0 atom stereocenters. The Morgan fingerprint density at radius 1 is 1.25 bits per heavy atom. The highest BCUT2D eigenvalue weighted by molar-refractivity contribution is 5.93. The lowest BCUT2D eigenvalue weighted by molar-refractivity contribution is 0.0948. The Hall–Kier alpha value is -3.29. The molecular weight excluding hydrogens is 320 g/mol. The van der Waals surface area contributed by atoms with E-state index in [9.17, 15) is 18.4 Å². The van der Waals surface area contributed by atoms with Crippen LogP contribution in [0.4, 0.5) is 8.78 Å². The van der Waals surface area contributed by atoms with Crippen LogP contribution in [-0.2, 0) is 6.54 Å². The molecule has 0 aliphatic carbocycles. The molecule has 0 radical (unpaired) electrons. The predicted octanol–water partition coefficient (Wildman–Crippen LogP) is 2.24. The Bertz CT molecular complexity index is 949. The Morgan fingerprint density at radius 2 is 2.08 bits per heavy atom. The van der Waals surface area contributed by atoms with E-state index < -0.39 is 23.1 Å². The van der Waals surface area contributed by atoms with Crippen molar-refractivity contribution in [1.82, 2.24) is 15.5 Å². The van der Waals surface area contributed by atoms with Gasteiger partial charge in [-0.3, -0.25) is 9.59 Å². The van der Waals surface area contributed by atoms with Crippen LogP contribution in [0.15, 0.2) is 51.9 Å². The molecular formula is C16H11F2N3O3. The summed E-state index contributed by atoms with van der Waals surface area (Å²) in [6, 6.07) is 7.41. The first kappa shape index (κ1) is 15.6. The number of aromatic nitrogens is 2. The Kier molecular flexibility index (Phi) is 4.19. The molecule has 24 heavy (non-hydrogen) atoms. The minimum atomic E-state index is -0.780. The van der Waals surface area contributed by atoms with Crippen LogP contribution in [0.2, 0.25) is 0 Å². The summed E-state index contributed by atoms with van der Waals surface area (Å²) in [5, 5.41) is 6.22. The molecule has 8 heteroatoms. The van der Waals surface area contributed by atoms with Gasteiger partial charge in [0.1, 0.15) is 22.9 Å². The number of rotatable bonds is 4. The van der Waals surface area contributed by atoms with Crippen LogP contribution in [0.5, 0.6) is 0 Å². The van der Waals surface area contributed by atoms with Crippen LogP contribution in [0, 0.1) is 11.6 Å². The molecule has 0 spiro atoms. The number of nitrogens with one attached hydrogen (secondary N) is 2. The minimum Gasteiger partial charge on any atom is -0.356 e. The Balaban J connectivity index is 1.72. The number of amides is 1. The quantitative estimate of drug-likeness (QED) is 0.767. The van der Waals surface area contributed by atoms with Gasteiger partial charge in [-0.2, -0.15) is 0 Å². The summed E-state index contributed by atoms with van der Waals surface area (Å²) in [5.41, 5.74) is -0.162. The highest BCUT2D eigenvalue weighted by Crippen LogP contribution is 2.24. The molecule has 1 aromatic carbocycles. The average Bonchev–Trinajstić information content (AvgIpc) is 3.01. The first-order valence-corrected chi connectivity index (χ1v) is 6.91. The molecule has 0 saturated heterocycles. The third kappa shape index (κ3) is 3.22. The predicted molar refractivity (Wildman–Crippen MR) is 80.1 cm³/mol. The normalized spacial score (nSPS) is 10.6. The van der Waals surface area contributed by atoms with Crippen molar-refractivity contribution in [3.05, 3.63) is 75.8 Å². The van der Waals surface area contributed by atoms with E-state index in [1.807, 2.05) is 0 Å². The van der Waals surface area contributed by atoms with Gasteiger partial charge >= 0.3 is 0 Å². The van der Waals surface area contributed by atoms with E-state index in [2.05, 4.69) is 15.5 Å². The number of nitrogens with zero attached hydrogens (tertiary/aromatic N) is 1. The van der Waals surface area contributed by atoms with E-state index in [4.69, 9.17) is 4.52 Å². The van der Waals surface area contributed by atoms with Gasteiger partial charge in [0.05, 0.1) is 12.1 Å². The second-order valence-corrected chi connectivity index (χ2v) is 4.90. The van der Waals surface area contributed by atoms with Crippen molar-refractivity contribution in [1.29, 1.82) is 0 Å². The smallest absolute Gasteiger partial charge is 0.260 e. The fraction of sp³-hybridized carbons (Fsp3) is 0.0625. The summed E-state index contributed by atoms with van der Waals surface area (Å²) in [4.78, 5) is 25.8. The van der Waals surface area contributed by atoms with E-state index in [0.717, 1.165) is 12.1 Å². The van der Waals surface area contributed by atoms with Gasteiger partial charge in [0.25, 0.3) is 11.5 Å². The van der Waals surface area contributed by atoms with E-state index in [0.29, 0.717) is 5.69 Å². The van der Waals surface area contributed by atoms with Crippen LogP contribution in [0.25, 0.3) is 11.3 Å². The highest BCUT2D eigenvalue weighted by atomic mass is 19.1. The number of hydrogen-bond donors (Lipinski definition) is 2. The van der Waals surface area contributed by atoms with Crippen LogP contribution in [0.1, 0.15) is 16.1 Å². The van der Waals surface area contributed by atoms with Crippen molar-refractivity contribution in [3.8, 4) is 11.3 Å². The number of carbonyl (C=O) groups is 1. The summed E-state index contributed by atoms with van der Waals surface area (Å²) < 4.78 is 31.6. The molecule has 3 rings (SSSR count). The number of hydrogen-bond acceptors (Lipinski definition) is 4. The number of halogens is 2. The maximum Gasteiger partial charge on any atom is 0.260 e. The fourth-order valence-electron chi connectivity index (χ4n) is 2.08. The largest absolute Gasteiger partial charge is 0.356 e. The maximum atomic E-state index is 13.7. The summed E-state index contributed by atoms with van der Waals surface area (Å²) in [5.74, 6) is -1.95. The molecule has 6 nitrogen and oxygen atoms in total. The third-order valence-electron chi connectivity index (χ3n) is 3.25. The van der Waals surface area contributed by atoms with E-state index in [1.54, 1.807) is 0 Å². The number of benzene rings is 1. The standard InChI is InChI=1S/C16H11F2N3O3/c17-9-3-4-11(13(18)6-9)14-7-10(21-24-14)8-20-16(23)12-2-1-5-19-15(12)22/h1-7H,8H2,(H,19,22)(H,20,23). The van der Waals surface area contributed by atoms with Gasteiger partial charge in [0.15, 0.2) is 5.76 Å². The Labute approximate surface area is 134 Å². The molecule has 0 bridgehead atoms. The van der Waals surface area contributed by atoms with E-state index >= 15 is 0 Å².